The van der Waals surface area contributed by atoms with Gasteiger partial charge in [0.2, 0.25) is 0 Å². The van der Waals surface area contributed by atoms with Gasteiger partial charge in [0, 0.05) is 12.6 Å². The molecule has 0 spiro atoms. The van der Waals surface area contributed by atoms with Crippen LogP contribution in [-0.2, 0) is 10.3 Å². The van der Waals surface area contributed by atoms with Gasteiger partial charge >= 0.3 is 0 Å². The number of hydrogen-bond acceptors (Lipinski definition) is 3. The van der Waals surface area contributed by atoms with Crippen molar-refractivity contribution in [3.63, 3.8) is 0 Å². The summed E-state index contributed by atoms with van der Waals surface area (Å²) in [6.07, 6.45) is 0.677. The van der Waals surface area contributed by atoms with Crippen LogP contribution in [0.2, 0.25) is 0 Å². The molecule has 2 unspecified atom stereocenters. The van der Waals surface area contributed by atoms with E-state index in [0.29, 0.717) is 13.0 Å². The quantitative estimate of drug-likeness (QED) is 0.836. The summed E-state index contributed by atoms with van der Waals surface area (Å²) in [6.45, 7) is 6.24. The second-order valence-corrected chi connectivity index (χ2v) is 5.07. The normalized spacial score (nSPS) is 24.3. The fourth-order valence-electron chi connectivity index (χ4n) is 2.26. The molecule has 2 rings (SSSR count). The van der Waals surface area contributed by atoms with E-state index in [-0.39, 0.29) is 6.04 Å². The van der Waals surface area contributed by atoms with Crippen LogP contribution >= 0.6 is 0 Å². The summed E-state index contributed by atoms with van der Waals surface area (Å²) in [4.78, 5) is 0. The molecule has 1 aliphatic heterocycles. The first-order chi connectivity index (χ1) is 8.08. The number of rotatable bonds is 3. The Hall–Kier alpha value is -0.900. The summed E-state index contributed by atoms with van der Waals surface area (Å²) >= 11 is 0. The lowest BCUT2D eigenvalue weighted by Crippen LogP contribution is -2.45. The molecular formula is C14H21NO2. The van der Waals surface area contributed by atoms with E-state index >= 15 is 0 Å². The summed E-state index contributed by atoms with van der Waals surface area (Å²) in [5.74, 6) is 0. The average Bonchev–Trinajstić information content (AvgIpc) is 2.30. The minimum atomic E-state index is -0.800. The van der Waals surface area contributed by atoms with Crippen LogP contribution in [0.1, 0.15) is 24.5 Å². The van der Waals surface area contributed by atoms with Crippen LogP contribution in [0.3, 0.4) is 0 Å². The molecule has 17 heavy (non-hydrogen) atoms. The Bertz CT molecular complexity index is 353. The molecule has 2 N–H and O–H groups in total. The van der Waals surface area contributed by atoms with Gasteiger partial charge in [0.05, 0.1) is 18.8 Å². The smallest absolute Gasteiger partial charge is 0.0884 e. The van der Waals surface area contributed by atoms with Gasteiger partial charge in [0.1, 0.15) is 0 Å². The van der Waals surface area contributed by atoms with Crippen LogP contribution in [-0.4, -0.2) is 30.9 Å². The van der Waals surface area contributed by atoms with Crippen LogP contribution in [0.15, 0.2) is 24.3 Å². The number of morpholine rings is 1. The van der Waals surface area contributed by atoms with Crippen LogP contribution in [0.25, 0.3) is 0 Å². The summed E-state index contributed by atoms with van der Waals surface area (Å²) < 4.78 is 5.41. The minimum Gasteiger partial charge on any atom is -0.385 e. The van der Waals surface area contributed by atoms with Gasteiger partial charge in [-0.2, -0.15) is 0 Å². The topological polar surface area (TPSA) is 41.5 Å². The van der Waals surface area contributed by atoms with E-state index in [2.05, 4.69) is 12.2 Å². The highest BCUT2D eigenvalue weighted by Crippen LogP contribution is 2.26. The molecule has 0 aliphatic carbocycles. The predicted molar refractivity (Wildman–Crippen MR) is 68.0 cm³/mol. The van der Waals surface area contributed by atoms with E-state index in [1.165, 1.54) is 5.56 Å². The van der Waals surface area contributed by atoms with Gasteiger partial charge in [-0.15, -0.1) is 0 Å². The van der Waals surface area contributed by atoms with Crippen LogP contribution in [0, 0.1) is 6.92 Å². The number of ether oxygens (including phenoxy) is 1. The average molecular weight is 235 g/mol. The van der Waals surface area contributed by atoms with Gasteiger partial charge in [-0.3, -0.25) is 0 Å². The van der Waals surface area contributed by atoms with Crippen molar-refractivity contribution in [1.82, 2.24) is 5.32 Å². The molecule has 1 saturated heterocycles. The Kier molecular flexibility index (Phi) is 3.82. The summed E-state index contributed by atoms with van der Waals surface area (Å²) in [5, 5.41) is 13.9. The van der Waals surface area contributed by atoms with E-state index in [1.807, 2.05) is 31.2 Å². The largest absolute Gasteiger partial charge is 0.385 e. The van der Waals surface area contributed by atoms with Crippen molar-refractivity contribution < 1.29 is 9.84 Å². The van der Waals surface area contributed by atoms with E-state index in [4.69, 9.17) is 4.74 Å². The lowest BCUT2D eigenvalue weighted by molar-refractivity contribution is 0.00322. The van der Waals surface area contributed by atoms with Gasteiger partial charge in [-0.25, -0.2) is 0 Å². The monoisotopic (exact) mass is 235 g/mol. The van der Waals surface area contributed by atoms with E-state index in [1.54, 1.807) is 0 Å². The highest BCUT2D eigenvalue weighted by Gasteiger charge is 2.28. The zero-order valence-electron chi connectivity index (χ0n) is 10.6. The maximum absolute atomic E-state index is 10.5. The summed E-state index contributed by atoms with van der Waals surface area (Å²) in [7, 11) is 0. The molecule has 1 aliphatic rings. The van der Waals surface area contributed by atoms with Crippen molar-refractivity contribution in [2.24, 2.45) is 0 Å². The van der Waals surface area contributed by atoms with E-state index in [0.717, 1.165) is 18.7 Å². The Morgan fingerprint density at radius 3 is 2.71 bits per heavy atom. The van der Waals surface area contributed by atoms with Crippen molar-refractivity contribution in [3.8, 4) is 0 Å². The third-order valence-electron chi connectivity index (χ3n) is 3.32. The number of nitrogens with one attached hydrogen (secondary N) is 1. The molecule has 0 saturated carbocycles. The Labute approximate surface area is 103 Å². The number of aryl methyl sites for hydroxylation is 1. The van der Waals surface area contributed by atoms with E-state index < -0.39 is 5.60 Å². The first kappa shape index (κ1) is 12.6. The molecular weight excluding hydrogens is 214 g/mol. The standard InChI is InChI=1S/C14H21NO2/c1-11-3-5-12(6-4-11)14(2,16)9-13-10-17-8-7-15-13/h3-6,13,15-16H,7-10H2,1-2H3. The van der Waals surface area contributed by atoms with Gasteiger partial charge in [0.25, 0.3) is 0 Å². The molecule has 0 radical (unpaired) electrons. The van der Waals surface area contributed by atoms with Gasteiger partial charge in [0.15, 0.2) is 0 Å². The van der Waals surface area contributed by atoms with Crippen molar-refractivity contribution >= 4 is 0 Å². The van der Waals surface area contributed by atoms with Crippen molar-refractivity contribution in [3.05, 3.63) is 35.4 Å². The van der Waals surface area contributed by atoms with Crippen molar-refractivity contribution in [2.45, 2.75) is 31.9 Å². The van der Waals surface area contributed by atoms with Crippen LogP contribution < -0.4 is 5.32 Å². The van der Waals surface area contributed by atoms with Gasteiger partial charge in [-0.1, -0.05) is 29.8 Å². The van der Waals surface area contributed by atoms with E-state index in [9.17, 15) is 5.11 Å². The Morgan fingerprint density at radius 2 is 2.12 bits per heavy atom. The molecule has 3 nitrogen and oxygen atoms in total. The zero-order chi connectivity index (χ0) is 12.3. The lowest BCUT2D eigenvalue weighted by Gasteiger charge is -2.32. The first-order valence-corrected chi connectivity index (χ1v) is 6.18. The van der Waals surface area contributed by atoms with Gasteiger partial charge in [-0.05, 0) is 25.8 Å². The highest BCUT2D eigenvalue weighted by molar-refractivity contribution is 5.26. The van der Waals surface area contributed by atoms with Crippen LogP contribution in [0.5, 0.6) is 0 Å². The summed E-state index contributed by atoms with van der Waals surface area (Å²) in [6, 6.07) is 8.31. The SMILES string of the molecule is Cc1ccc(C(C)(O)CC2COCCN2)cc1. The van der Waals surface area contributed by atoms with Crippen LogP contribution in [0.4, 0.5) is 0 Å². The van der Waals surface area contributed by atoms with Crippen molar-refractivity contribution in [2.75, 3.05) is 19.8 Å². The molecule has 1 aromatic rings. The fourth-order valence-corrected chi connectivity index (χ4v) is 2.26. The molecule has 1 aromatic carbocycles. The Morgan fingerprint density at radius 1 is 1.41 bits per heavy atom. The maximum Gasteiger partial charge on any atom is 0.0884 e. The number of benzene rings is 1. The molecule has 94 valence electrons. The second kappa shape index (κ2) is 5.17. The first-order valence-electron chi connectivity index (χ1n) is 6.18. The Balaban J connectivity index is 2.04. The zero-order valence-corrected chi connectivity index (χ0v) is 10.6. The van der Waals surface area contributed by atoms with Gasteiger partial charge < -0.3 is 15.2 Å². The maximum atomic E-state index is 10.5. The molecule has 1 fully saturated rings. The third kappa shape index (κ3) is 3.28. The lowest BCUT2D eigenvalue weighted by atomic mass is 9.88. The number of hydrogen-bond donors (Lipinski definition) is 2. The third-order valence-corrected chi connectivity index (χ3v) is 3.32. The molecule has 2 atom stereocenters. The highest BCUT2D eigenvalue weighted by atomic mass is 16.5. The molecule has 0 amide bonds. The van der Waals surface area contributed by atoms with Crippen molar-refractivity contribution in [1.29, 1.82) is 0 Å². The minimum absolute atomic E-state index is 0.236. The summed E-state index contributed by atoms with van der Waals surface area (Å²) in [5.41, 5.74) is 1.38. The molecule has 0 bridgehead atoms. The fraction of sp³-hybridized carbons (Fsp3) is 0.571. The molecule has 1 heterocycles. The number of aliphatic hydroxyl groups is 1. The second-order valence-electron chi connectivity index (χ2n) is 5.07. The molecule has 3 heteroatoms. The predicted octanol–water partition coefficient (Wildman–Crippen LogP) is 1.58. The molecule has 0 aromatic heterocycles.